The summed E-state index contributed by atoms with van der Waals surface area (Å²) in [6.07, 6.45) is 9.69. The van der Waals surface area contributed by atoms with Crippen molar-refractivity contribution < 1.29 is 0 Å². The molecule has 5 rings (SSSR count). The van der Waals surface area contributed by atoms with Crippen molar-refractivity contribution in [2.45, 2.75) is 38.1 Å². The van der Waals surface area contributed by atoms with E-state index < -0.39 is 0 Å². The fourth-order valence-corrected chi connectivity index (χ4v) is 4.71. The second-order valence-electron chi connectivity index (χ2n) is 9.45. The van der Waals surface area contributed by atoms with E-state index in [-0.39, 0.29) is 6.04 Å². The molecule has 1 aliphatic rings. The summed E-state index contributed by atoms with van der Waals surface area (Å²) in [6, 6.07) is 34.4. The van der Waals surface area contributed by atoms with Gasteiger partial charge in [0, 0.05) is 17.3 Å². The zero-order valence-corrected chi connectivity index (χ0v) is 20.4. The molecule has 0 bridgehead atoms. The van der Waals surface area contributed by atoms with E-state index in [0.717, 1.165) is 23.5 Å². The molecule has 1 N–H and O–H groups in total. The molecule has 0 amide bonds. The number of nitrogens with one attached hydrogen (secondary N) is 1. The highest BCUT2D eigenvalue weighted by atomic mass is 15.0. The summed E-state index contributed by atoms with van der Waals surface area (Å²) in [5.41, 5.74) is 8.22. The third-order valence-electron chi connectivity index (χ3n) is 6.69. The molecule has 1 aliphatic carbocycles. The number of nitrogens with zero attached hydrogens (tertiary/aromatic N) is 1. The summed E-state index contributed by atoms with van der Waals surface area (Å²) < 4.78 is 0. The second kappa shape index (κ2) is 10.6. The molecule has 0 spiro atoms. The SMILES string of the molecule is CC(C)c1ccc(NC(c2cccc(C3C=CC=CC3)n2)c2ccccc2-c2ccccc2)cc1. The fourth-order valence-electron chi connectivity index (χ4n) is 4.71. The van der Waals surface area contributed by atoms with Crippen LogP contribution in [0.15, 0.2) is 121 Å². The second-order valence-corrected chi connectivity index (χ2v) is 9.45. The lowest BCUT2D eigenvalue weighted by Crippen LogP contribution is -2.16. The number of aromatic nitrogens is 1. The first-order valence-electron chi connectivity index (χ1n) is 12.5. The van der Waals surface area contributed by atoms with Gasteiger partial charge in [0.1, 0.15) is 0 Å². The normalized spacial score (nSPS) is 15.8. The van der Waals surface area contributed by atoms with Gasteiger partial charge in [-0.15, -0.1) is 0 Å². The van der Waals surface area contributed by atoms with E-state index in [1.165, 1.54) is 22.3 Å². The van der Waals surface area contributed by atoms with Crippen molar-refractivity contribution in [1.82, 2.24) is 4.98 Å². The first kappa shape index (κ1) is 22.9. The smallest absolute Gasteiger partial charge is 0.0946 e. The molecule has 174 valence electrons. The Morgan fingerprint density at radius 1 is 0.771 bits per heavy atom. The van der Waals surface area contributed by atoms with Gasteiger partial charge < -0.3 is 5.32 Å². The molecule has 0 aliphatic heterocycles. The predicted octanol–water partition coefficient (Wildman–Crippen LogP) is 8.67. The molecular weight excluding hydrogens is 424 g/mol. The molecule has 0 fully saturated rings. The standard InChI is InChI=1S/C33H32N2/c1-24(2)25-20-22-28(23-21-25)34-33(30-17-10-9-16-29(30)26-12-5-3-6-13-26)32-19-11-18-31(35-32)27-14-7-4-8-15-27/h3-14,16-24,27,33-34H,15H2,1-2H3. The van der Waals surface area contributed by atoms with Crippen LogP contribution in [0.1, 0.15) is 60.7 Å². The van der Waals surface area contributed by atoms with Crippen LogP contribution in [-0.2, 0) is 0 Å². The van der Waals surface area contributed by atoms with Gasteiger partial charge in [-0.1, -0.05) is 111 Å². The number of hydrogen-bond acceptors (Lipinski definition) is 2. The molecule has 3 aromatic carbocycles. The number of allylic oxidation sites excluding steroid dienone is 4. The van der Waals surface area contributed by atoms with Gasteiger partial charge in [-0.25, -0.2) is 0 Å². The highest BCUT2D eigenvalue weighted by molar-refractivity contribution is 5.69. The zero-order chi connectivity index (χ0) is 24.0. The number of benzene rings is 3. The van der Waals surface area contributed by atoms with E-state index in [4.69, 9.17) is 4.98 Å². The summed E-state index contributed by atoms with van der Waals surface area (Å²) in [4.78, 5) is 5.20. The lowest BCUT2D eigenvalue weighted by Gasteiger charge is -2.24. The maximum absolute atomic E-state index is 5.20. The number of pyridine rings is 1. The van der Waals surface area contributed by atoms with Gasteiger partial charge in [0.05, 0.1) is 11.7 Å². The largest absolute Gasteiger partial charge is 0.373 e. The van der Waals surface area contributed by atoms with Crippen LogP contribution in [0.2, 0.25) is 0 Å². The van der Waals surface area contributed by atoms with Crippen LogP contribution in [0.25, 0.3) is 11.1 Å². The average Bonchev–Trinajstić information content (AvgIpc) is 2.93. The van der Waals surface area contributed by atoms with Crippen molar-refractivity contribution in [3.63, 3.8) is 0 Å². The van der Waals surface area contributed by atoms with Crippen LogP contribution in [-0.4, -0.2) is 4.98 Å². The quantitative estimate of drug-likeness (QED) is 0.301. The summed E-state index contributed by atoms with van der Waals surface area (Å²) >= 11 is 0. The molecule has 4 aromatic rings. The van der Waals surface area contributed by atoms with Crippen LogP contribution in [0.5, 0.6) is 0 Å². The van der Waals surface area contributed by atoms with E-state index in [2.05, 4.69) is 141 Å². The third kappa shape index (κ3) is 5.27. The van der Waals surface area contributed by atoms with Crippen LogP contribution in [0.4, 0.5) is 5.69 Å². The molecule has 0 saturated carbocycles. The molecule has 1 heterocycles. The molecule has 0 saturated heterocycles. The average molecular weight is 457 g/mol. The molecule has 1 aromatic heterocycles. The van der Waals surface area contributed by atoms with Gasteiger partial charge in [0.25, 0.3) is 0 Å². The Morgan fingerprint density at radius 3 is 2.29 bits per heavy atom. The Bertz CT molecular complexity index is 1320. The zero-order valence-electron chi connectivity index (χ0n) is 20.4. The van der Waals surface area contributed by atoms with Gasteiger partial charge in [-0.3, -0.25) is 4.98 Å². The summed E-state index contributed by atoms with van der Waals surface area (Å²) in [5, 5.41) is 3.82. The van der Waals surface area contributed by atoms with Crippen molar-refractivity contribution in [2.24, 2.45) is 0 Å². The van der Waals surface area contributed by atoms with Crippen LogP contribution in [0, 0.1) is 0 Å². The minimum atomic E-state index is -0.0839. The van der Waals surface area contributed by atoms with Crippen molar-refractivity contribution in [3.8, 4) is 11.1 Å². The van der Waals surface area contributed by atoms with Gasteiger partial charge in [-0.2, -0.15) is 0 Å². The highest BCUT2D eigenvalue weighted by Gasteiger charge is 2.21. The molecule has 2 heteroatoms. The molecule has 2 unspecified atom stereocenters. The molecule has 0 radical (unpaired) electrons. The van der Waals surface area contributed by atoms with Crippen molar-refractivity contribution in [2.75, 3.05) is 5.32 Å². The number of rotatable bonds is 7. The Kier molecular flexibility index (Phi) is 6.90. The van der Waals surface area contributed by atoms with E-state index in [1.807, 2.05) is 0 Å². The minimum absolute atomic E-state index is 0.0839. The van der Waals surface area contributed by atoms with Crippen LogP contribution >= 0.6 is 0 Å². The van der Waals surface area contributed by atoms with Crippen molar-refractivity contribution in [1.29, 1.82) is 0 Å². The minimum Gasteiger partial charge on any atom is -0.373 e. The Balaban J connectivity index is 1.58. The van der Waals surface area contributed by atoms with Gasteiger partial charge >= 0.3 is 0 Å². The number of anilines is 1. The fraction of sp³-hybridized carbons (Fsp3) is 0.182. The molecule has 2 nitrogen and oxygen atoms in total. The summed E-state index contributed by atoms with van der Waals surface area (Å²) in [7, 11) is 0. The molecule has 35 heavy (non-hydrogen) atoms. The Hall–Kier alpha value is -3.91. The Labute approximate surface area is 209 Å². The number of hydrogen-bond donors (Lipinski definition) is 1. The summed E-state index contributed by atoms with van der Waals surface area (Å²) in [6.45, 7) is 4.46. The first-order valence-corrected chi connectivity index (χ1v) is 12.5. The van der Waals surface area contributed by atoms with E-state index in [1.54, 1.807) is 0 Å². The monoisotopic (exact) mass is 456 g/mol. The first-order chi connectivity index (χ1) is 17.2. The van der Waals surface area contributed by atoms with Crippen LogP contribution in [0.3, 0.4) is 0 Å². The van der Waals surface area contributed by atoms with E-state index in [9.17, 15) is 0 Å². The maximum atomic E-state index is 5.20. The highest BCUT2D eigenvalue weighted by Crippen LogP contribution is 2.35. The third-order valence-corrected chi connectivity index (χ3v) is 6.69. The molecular formula is C33H32N2. The van der Waals surface area contributed by atoms with Gasteiger partial charge in [-0.05, 0) is 58.9 Å². The lowest BCUT2D eigenvalue weighted by molar-refractivity contribution is 0.785. The topological polar surface area (TPSA) is 24.9 Å². The van der Waals surface area contributed by atoms with E-state index in [0.29, 0.717) is 11.8 Å². The summed E-state index contributed by atoms with van der Waals surface area (Å²) in [5.74, 6) is 0.824. The maximum Gasteiger partial charge on any atom is 0.0946 e. The Morgan fingerprint density at radius 2 is 1.54 bits per heavy atom. The van der Waals surface area contributed by atoms with Crippen molar-refractivity contribution in [3.05, 3.63) is 144 Å². The lowest BCUT2D eigenvalue weighted by atomic mass is 9.91. The predicted molar refractivity (Wildman–Crippen MR) is 148 cm³/mol. The van der Waals surface area contributed by atoms with Crippen molar-refractivity contribution >= 4 is 5.69 Å². The van der Waals surface area contributed by atoms with Crippen LogP contribution < -0.4 is 5.32 Å². The van der Waals surface area contributed by atoms with Gasteiger partial charge in [0.2, 0.25) is 0 Å². The molecule has 2 atom stereocenters. The van der Waals surface area contributed by atoms with E-state index >= 15 is 0 Å². The van der Waals surface area contributed by atoms with Gasteiger partial charge in [0.15, 0.2) is 0 Å².